The van der Waals surface area contributed by atoms with Crippen LogP contribution in [-0.4, -0.2) is 11.7 Å². The van der Waals surface area contributed by atoms with Crippen molar-refractivity contribution >= 4 is 0 Å². The fraction of sp³-hybridized carbons (Fsp3) is 0.800. The van der Waals surface area contributed by atoms with Crippen LogP contribution in [0.2, 0.25) is 0 Å². The van der Waals surface area contributed by atoms with Crippen LogP contribution in [0.1, 0.15) is 44.2 Å². The zero-order chi connectivity index (χ0) is 12.0. The number of hydrogen-bond donors (Lipinski definition) is 1. The van der Waals surface area contributed by atoms with Crippen LogP contribution < -0.4 is 5.32 Å². The van der Waals surface area contributed by atoms with Gasteiger partial charge in [0.25, 0.3) is 0 Å². The molecule has 0 saturated heterocycles. The van der Waals surface area contributed by atoms with E-state index in [9.17, 15) is 0 Å². The van der Waals surface area contributed by atoms with E-state index in [0.717, 1.165) is 30.0 Å². The SMILES string of the molecule is c1cc(CNCC23CC4CC(CC(C4)C2)C3)no1. The Balaban J connectivity index is 1.39. The van der Waals surface area contributed by atoms with Gasteiger partial charge >= 0.3 is 0 Å². The van der Waals surface area contributed by atoms with Crippen molar-refractivity contribution in [1.82, 2.24) is 10.5 Å². The third kappa shape index (κ3) is 1.89. The van der Waals surface area contributed by atoms with Crippen molar-refractivity contribution in [3.05, 3.63) is 18.0 Å². The van der Waals surface area contributed by atoms with Crippen molar-refractivity contribution in [3.63, 3.8) is 0 Å². The second-order valence-electron chi connectivity index (χ2n) is 7.01. The van der Waals surface area contributed by atoms with Gasteiger partial charge in [0, 0.05) is 19.2 Å². The summed E-state index contributed by atoms with van der Waals surface area (Å²) in [4.78, 5) is 0. The van der Waals surface area contributed by atoms with E-state index in [4.69, 9.17) is 4.52 Å². The Hall–Kier alpha value is -0.830. The number of hydrogen-bond acceptors (Lipinski definition) is 3. The fourth-order valence-electron chi connectivity index (χ4n) is 5.29. The van der Waals surface area contributed by atoms with Gasteiger partial charge in [-0.05, 0) is 61.7 Å². The van der Waals surface area contributed by atoms with E-state index in [1.54, 1.807) is 6.26 Å². The van der Waals surface area contributed by atoms with Crippen molar-refractivity contribution in [2.24, 2.45) is 23.2 Å². The molecule has 4 bridgehead atoms. The molecule has 3 nitrogen and oxygen atoms in total. The summed E-state index contributed by atoms with van der Waals surface area (Å²) in [6.07, 6.45) is 10.7. The van der Waals surface area contributed by atoms with Crippen LogP contribution in [0.3, 0.4) is 0 Å². The van der Waals surface area contributed by atoms with Gasteiger partial charge in [-0.15, -0.1) is 0 Å². The molecule has 4 aliphatic rings. The standard InChI is InChI=1S/C15H22N2O/c1-2-18-17-14(1)9-16-10-15-6-11-3-12(7-15)5-13(4-11)8-15/h1-2,11-13,16H,3-10H2. The first-order chi connectivity index (χ1) is 8.81. The van der Waals surface area contributed by atoms with E-state index in [1.807, 2.05) is 6.07 Å². The Labute approximate surface area is 108 Å². The minimum Gasteiger partial charge on any atom is -0.364 e. The smallest absolute Gasteiger partial charge is 0.124 e. The van der Waals surface area contributed by atoms with Crippen molar-refractivity contribution < 1.29 is 4.52 Å². The minimum absolute atomic E-state index is 0.623. The summed E-state index contributed by atoms with van der Waals surface area (Å²) in [5.41, 5.74) is 1.65. The molecule has 0 aromatic carbocycles. The average molecular weight is 246 g/mol. The zero-order valence-corrected chi connectivity index (χ0v) is 10.9. The number of rotatable bonds is 4. The van der Waals surface area contributed by atoms with Gasteiger partial charge in [0.05, 0.1) is 5.69 Å². The topological polar surface area (TPSA) is 38.1 Å². The molecule has 3 heteroatoms. The second-order valence-corrected chi connectivity index (χ2v) is 7.01. The van der Waals surface area contributed by atoms with Crippen molar-refractivity contribution in [2.45, 2.75) is 45.1 Å². The van der Waals surface area contributed by atoms with E-state index in [-0.39, 0.29) is 0 Å². The van der Waals surface area contributed by atoms with Crippen LogP contribution >= 0.6 is 0 Å². The van der Waals surface area contributed by atoms with Gasteiger partial charge in [0.2, 0.25) is 0 Å². The van der Waals surface area contributed by atoms with Crippen LogP contribution in [0.4, 0.5) is 0 Å². The number of aromatic nitrogens is 1. The van der Waals surface area contributed by atoms with Gasteiger partial charge in [0.1, 0.15) is 6.26 Å². The van der Waals surface area contributed by atoms with E-state index in [2.05, 4.69) is 10.5 Å². The largest absolute Gasteiger partial charge is 0.364 e. The van der Waals surface area contributed by atoms with E-state index in [0.29, 0.717) is 5.41 Å². The van der Waals surface area contributed by atoms with Gasteiger partial charge in [-0.1, -0.05) is 5.16 Å². The molecular formula is C15H22N2O. The normalized spacial score (nSPS) is 41.4. The summed E-state index contributed by atoms with van der Waals surface area (Å²) in [6.45, 7) is 2.04. The molecule has 0 spiro atoms. The third-order valence-corrected chi connectivity index (χ3v) is 5.46. The fourth-order valence-corrected chi connectivity index (χ4v) is 5.29. The first-order valence-electron chi connectivity index (χ1n) is 7.41. The molecule has 0 radical (unpaired) electrons. The maximum atomic E-state index is 4.87. The van der Waals surface area contributed by atoms with Gasteiger partial charge in [-0.3, -0.25) is 0 Å². The summed E-state index contributed by atoms with van der Waals surface area (Å²) in [5.74, 6) is 3.14. The molecule has 1 aromatic rings. The number of nitrogens with one attached hydrogen (secondary N) is 1. The molecule has 0 atom stereocenters. The molecule has 1 aromatic heterocycles. The molecule has 4 saturated carbocycles. The van der Waals surface area contributed by atoms with Crippen LogP contribution in [0.5, 0.6) is 0 Å². The molecule has 0 unspecified atom stereocenters. The monoisotopic (exact) mass is 246 g/mol. The molecule has 4 fully saturated rings. The molecule has 5 rings (SSSR count). The average Bonchev–Trinajstić information content (AvgIpc) is 2.79. The lowest BCUT2D eigenvalue weighted by Crippen LogP contribution is -2.50. The summed E-state index contributed by atoms with van der Waals surface area (Å²) in [5, 5.41) is 7.58. The molecular weight excluding hydrogens is 224 g/mol. The van der Waals surface area contributed by atoms with E-state index in [1.165, 1.54) is 45.1 Å². The lowest BCUT2D eigenvalue weighted by Gasteiger charge is -2.57. The summed E-state index contributed by atoms with van der Waals surface area (Å²) in [7, 11) is 0. The van der Waals surface area contributed by atoms with E-state index >= 15 is 0 Å². The highest BCUT2D eigenvalue weighted by Crippen LogP contribution is 2.59. The summed E-state index contributed by atoms with van der Waals surface area (Å²) in [6, 6.07) is 1.95. The quantitative estimate of drug-likeness (QED) is 0.887. The maximum Gasteiger partial charge on any atom is 0.124 e. The lowest BCUT2D eigenvalue weighted by molar-refractivity contribution is -0.0514. The highest BCUT2D eigenvalue weighted by molar-refractivity contribution is 5.03. The Morgan fingerprint density at radius 2 is 1.83 bits per heavy atom. The maximum absolute atomic E-state index is 4.87. The Morgan fingerprint density at radius 1 is 1.17 bits per heavy atom. The number of nitrogens with zero attached hydrogens (tertiary/aromatic N) is 1. The highest BCUT2D eigenvalue weighted by atomic mass is 16.5. The van der Waals surface area contributed by atoms with Gasteiger partial charge in [-0.25, -0.2) is 0 Å². The lowest BCUT2D eigenvalue weighted by atomic mass is 9.49. The first-order valence-corrected chi connectivity index (χ1v) is 7.41. The predicted molar refractivity (Wildman–Crippen MR) is 68.8 cm³/mol. The molecule has 4 aliphatic carbocycles. The summed E-state index contributed by atoms with van der Waals surface area (Å²) >= 11 is 0. The molecule has 0 amide bonds. The zero-order valence-electron chi connectivity index (χ0n) is 10.9. The predicted octanol–water partition coefficient (Wildman–Crippen LogP) is 2.98. The Bertz CT molecular complexity index is 377. The van der Waals surface area contributed by atoms with Gasteiger partial charge < -0.3 is 9.84 Å². The summed E-state index contributed by atoms with van der Waals surface area (Å²) < 4.78 is 4.87. The van der Waals surface area contributed by atoms with Crippen LogP contribution in [0.15, 0.2) is 16.9 Å². The molecule has 0 aliphatic heterocycles. The van der Waals surface area contributed by atoms with Gasteiger partial charge in [-0.2, -0.15) is 0 Å². The van der Waals surface area contributed by atoms with Crippen molar-refractivity contribution in [3.8, 4) is 0 Å². The molecule has 98 valence electrons. The molecule has 1 heterocycles. The van der Waals surface area contributed by atoms with Crippen LogP contribution in [-0.2, 0) is 6.54 Å². The second kappa shape index (κ2) is 4.09. The van der Waals surface area contributed by atoms with Crippen molar-refractivity contribution in [2.75, 3.05) is 6.54 Å². The van der Waals surface area contributed by atoms with Crippen LogP contribution in [0.25, 0.3) is 0 Å². The first kappa shape index (κ1) is 11.0. The molecule has 18 heavy (non-hydrogen) atoms. The van der Waals surface area contributed by atoms with Gasteiger partial charge in [0.15, 0.2) is 0 Å². The minimum atomic E-state index is 0.623. The Morgan fingerprint density at radius 3 is 2.39 bits per heavy atom. The van der Waals surface area contributed by atoms with Crippen LogP contribution in [0, 0.1) is 23.2 Å². The third-order valence-electron chi connectivity index (χ3n) is 5.46. The molecule has 1 N–H and O–H groups in total. The van der Waals surface area contributed by atoms with E-state index < -0.39 is 0 Å². The highest BCUT2D eigenvalue weighted by Gasteiger charge is 2.50. The Kier molecular flexibility index (Phi) is 2.51. The van der Waals surface area contributed by atoms with Crippen molar-refractivity contribution in [1.29, 1.82) is 0 Å².